The predicted octanol–water partition coefficient (Wildman–Crippen LogP) is 4.07. The van der Waals surface area contributed by atoms with Gasteiger partial charge >= 0.3 is 5.97 Å². The van der Waals surface area contributed by atoms with Crippen molar-refractivity contribution in [3.63, 3.8) is 0 Å². The standard InChI is InChI=1S/C14H10Cl2FNO2/c15-9-4-5-12(17)8(6-9)7-20-14(19)10-2-1-3-11(16)13(10)18/h1-6H,7,18H2. The molecule has 2 N–H and O–H groups in total. The molecular weight excluding hydrogens is 304 g/mol. The third-order valence-electron chi connectivity index (χ3n) is 2.64. The Morgan fingerprint density at radius 1 is 1.25 bits per heavy atom. The van der Waals surface area contributed by atoms with Gasteiger partial charge in [0.15, 0.2) is 0 Å². The highest BCUT2D eigenvalue weighted by molar-refractivity contribution is 6.33. The van der Waals surface area contributed by atoms with Crippen molar-refractivity contribution in [3.8, 4) is 0 Å². The quantitative estimate of drug-likeness (QED) is 0.686. The number of ether oxygens (including phenoxy) is 1. The number of anilines is 1. The van der Waals surface area contributed by atoms with Crippen molar-refractivity contribution >= 4 is 34.9 Å². The van der Waals surface area contributed by atoms with E-state index in [9.17, 15) is 9.18 Å². The first-order valence-corrected chi connectivity index (χ1v) is 6.39. The Morgan fingerprint density at radius 3 is 2.75 bits per heavy atom. The summed E-state index contributed by atoms with van der Waals surface area (Å²) >= 11 is 11.6. The number of nitrogens with two attached hydrogens (primary N) is 1. The molecule has 104 valence electrons. The number of halogens is 3. The number of hydrogen-bond acceptors (Lipinski definition) is 3. The summed E-state index contributed by atoms with van der Waals surface area (Å²) < 4.78 is 18.5. The summed E-state index contributed by atoms with van der Waals surface area (Å²) in [6.07, 6.45) is 0. The molecule has 0 spiro atoms. The van der Waals surface area contributed by atoms with Gasteiger partial charge in [0.1, 0.15) is 12.4 Å². The molecular formula is C14H10Cl2FNO2. The Morgan fingerprint density at radius 2 is 2.00 bits per heavy atom. The molecule has 0 aliphatic carbocycles. The van der Waals surface area contributed by atoms with Crippen molar-refractivity contribution < 1.29 is 13.9 Å². The number of nitrogen functional groups attached to an aromatic ring is 1. The first-order chi connectivity index (χ1) is 9.49. The maximum Gasteiger partial charge on any atom is 0.340 e. The first-order valence-electron chi connectivity index (χ1n) is 5.64. The molecule has 2 rings (SSSR count). The summed E-state index contributed by atoms with van der Waals surface area (Å²) in [6.45, 7) is -0.239. The second kappa shape index (κ2) is 6.11. The molecule has 0 saturated heterocycles. The van der Waals surface area contributed by atoms with Crippen LogP contribution in [0.2, 0.25) is 10.0 Å². The fourth-order valence-corrected chi connectivity index (χ4v) is 1.96. The fraction of sp³-hybridized carbons (Fsp3) is 0.0714. The minimum atomic E-state index is -0.677. The van der Waals surface area contributed by atoms with Crippen LogP contribution < -0.4 is 5.73 Å². The summed E-state index contributed by atoms with van der Waals surface area (Å²) in [5.74, 6) is -1.18. The molecule has 0 saturated carbocycles. The van der Waals surface area contributed by atoms with Crippen LogP contribution in [0.1, 0.15) is 15.9 Å². The van der Waals surface area contributed by atoms with Gasteiger partial charge in [-0.1, -0.05) is 29.3 Å². The van der Waals surface area contributed by atoms with Crippen LogP contribution in [0.15, 0.2) is 36.4 Å². The minimum absolute atomic E-state index is 0.130. The van der Waals surface area contributed by atoms with E-state index in [4.69, 9.17) is 33.7 Å². The van der Waals surface area contributed by atoms with Crippen molar-refractivity contribution in [1.82, 2.24) is 0 Å². The van der Waals surface area contributed by atoms with Gasteiger partial charge in [0.2, 0.25) is 0 Å². The van der Waals surface area contributed by atoms with E-state index in [0.29, 0.717) is 5.02 Å². The van der Waals surface area contributed by atoms with Gasteiger partial charge in [-0.2, -0.15) is 0 Å². The maximum atomic E-state index is 13.5. The summed E-state index contributed by atoms with van der Waals surface area (Å²) in [6, 6.07) is 8.64. The van der Waals surface area contributed by atoms with Crippen LogP contribution in [0, 0.1) is 5.82 Å². The molecule has 0 unspecified atom stereocenters. The maximum absolute atomic E-state index is 13.5. The lowest BCUT2D eigenvalue weighted by molar-refractivity contribution is 0.0470. The second-order valence-corrected chi connectivity index (χ2v) is 4.86. The Labute approximate surface area is 125 Å². The van der Waals surface area contributed by atoms with Crippen molar-refractivity contribution in [1.29, 1.82) is 0 Å². The molecule has 0 aliphatic rings. The molecule has 0 fully saturated rings. The zero-order chi connectivity index (χ0) is 14.7. The van der Waals surface area contributed by atoms with E-state index in [1.807, 2.05) is 0 Å². The van der Waals surface area contributed by atoms with Crippen molar-refractivity contribution in [2.24, 2.45) is 0 Å². The topological polar surface area (TPSA) is 52.3 Å². The number of esters is 1. The Hall–Kier alpha value is -1.78. The van der Waals surface area contributed by atoms with E-state index in [2.05, 4.69) is 0 Å². The van der Waals surface area contributed by atoms with Gasteiger partial charge < -0.3 is 10.5 Å². The van der Waals surface area contributed by atoms with E-state index < -0.39 is 11.8 Å². The number of benzene rings is 2. The highest BCUT2D eigenvalue weighted by atomic mass is 35.5. The van der Waals surface area contributed by atoms with Gasteiger partial charge in [-0.15, -0.1) is 0 Å². The lowest BCUT2D eigenvalue weighted by atomic mass is 10.2. The van der Waals surface area contributed by atoms with Crippen LogP contribution in [-0.2, 0) is 11.3 Å². The van der Waals surface area contributed by atoms with E-state index in [1.165, 1.54) is 24.3 Å². The molecule has 3 nitrogen and oxygen atoms in total. The Balaban J connectivity index is 2.13. The molecule has 0 heterocycles. The summed E-state index contributed by atoms with van der Waals surface area (Å²) in [4.78, 5) is 11.9. The Kier molecular flexibility index (Phi) is 4.47. The van der Waals surface area contributed by atoms with Crippen LogP contribution >= 0.6 is 23.2 Å². The molecule has 2 aromatic carbocycles. The number of carbonyl (C=O) groups excluding carboxylic acids is 1. The van der Waals surface area contributed by atoms with E-state index in [-0.39, 0.29) is 28.4 Å². The van der Waals surface area contributed by atoms with Crippen molar-refractivity contribution in [3.05, 3.63) is 63.4 Å². The Bertz CT molecular complexity index is 662. The van der Waals surface area contributed by atoms with Crippen molar-refractivity contribution in [2.75, 3.05) is 5.73 Å². The second-order valence-electron chi connectivity index (χ2n) is 4.01. The summed E-state index contributed by atoms with van der Waals surface area (Å²) in [5, 5.41) is 0.619. The van der Waals surface area contributed by atoms with Gasteiger partial charge in [0.25, 0.3) is 0 Å². The highest BCUT2D eigenvalue weighted by Gasteiger charge is 2.14. The minimum Gasteiger partial charge on any atom is -0.457 e. The molecule has 0 radical (unpaired) electrons. The number of rotatable bonds is 3. The summed E-state index contributed by atoms with van der Waals surface area (Å²) in [5.41, 5.74) is 6.13. The normalized spacial score (nSPS) is 10.3. The third kappa shape index (κ3) is 3.21. The molecule has 0 aliphatic heterocycles. The lowest BCUT2D eigenvalue weighted by Gasteiger charge is -2.08. The zero-order valence-corrected chi connectivity index (χ0v) is 11.7. The molecule has 0 aromatic heterocycles. The molecule has 6 heteroatoms. The smallest absolute Gasteiger partial charge is 0.340 e. The molecule has 0 amide bonds. The van der Waals surface area contributed by atoms with Gasteiger partial charge in [-0.25, -0.2) is 9.18 Å². The van der Waals surface area contributed by atoms with Gasteiger partial charge in [0, 0.05) is 10.6 Å². The molecule has 2 aromatic rings. The molecule has 20 heavy (non-hydrogen) atoms. The van der Waals surface area contributed by atoms with Gasteiger partial charge in [-0.05, 0) is 30.3 Å². The molecule has 0 atom stereocenters. The SMILES string of the molecule is Nc1c(Cl)cccc1C(=O)OCc1cc(Cl)ccc1F. The van der Waals surface area contributed by atoms with Crippen LogP contribution in [0.4, 0.5) is 10.1 Å². The van der Waals surface area contributed by atoms with Gasteiger partial charge in [-0.3, -0.25) is 0 Å². The van der Waals surface area contributed by atoms with E-state index in [0.717, 1.165) is 0 Å². The van der Waals surface area contributed by atoms with E-state index in [1.54, 1.807) is 12.1 Å². The lowest BCUT2D eigenvalue weighted by Crippen LogP contribution is -2.09. The number of para-hydroxylation sites is 1. The van der Waals surface area contributed by atoms with Crippen LogP contribution in [0.3, 0.4) is 0 Å². The number of hydrogen-bond donors (Lipinski definition) is 1. The van der Waals surface area contributed by atoms with Crippen LogP contribution in [-0.4, -0.2) is 5.97 Å². The fourth-order valence-electron chi connectivity index (χ4n) is 1.59. The third-order valence-corrected chi connectivity index (χ3v) is 3.20. The predicted molar refractivity (Wildman–Crippen MR) is 76.4 cm³/mol. The summed E-state index contributed by atoms with van der Waals surface area (Å²) in [7, 11) is 0. The largest absolute Gasteiger partial charge is 0.457 e. The zero-order valence-electron chi connectivity index (χ0n) is 10.2. The van der Waals surface area contributed by atoms with Crippen molar-refractivity contribution in [2.45, 2.75) is 6.61 Å². The monoisotopic (exact) mass is 313 g/mol. The average molecular weight is 314 g/mol. The van der Waals surface area contributed by atoms with Gasteiger partial charge in [0.05, 0.1) is 16.3 Å². The number of carbonyl (C=O) groups is 1. The average Bonchev–Trinajstić information content (AvgIpc) is 2.42. The van der Waals surface area contributed by atoms with Crippen LogP contribution in [0.5, 0.6) is 0 Å². The van der Waals surface area contributed by atoms with Crippen LogP contribution in [0.25, 0.3) is 0 Å². The first kappa shape index (κ1) is 14.6. The van der Waals surface area contributed by atoms with E-state index >= 15 is 0 Å². The molecule has 0 bridgehead atoms. The highest BCUT2D eigenvalue weighted by Crippen LogP contribution is 2.23.